The lowest BCUT2D eigenvalue weighted by atomic mass is 9.60. The number of para-hydroxylation sites is 1. The van der Waals surface area contributed by atoms with Crippen molar-refractivity contribution in [2.45, 2.75) is 83.1 Å². The molecule has 1 spiro atoms. The molecule has 2 amide bonds. The van der Waals surface area contributed by atoms with Crippen LogP contribution in [-0.4, -0.2) is 140 Å². The van der Waals surface area contributed by atoms with Gasteiger partial charge in [-0.2, -0.15) is 0 Å². The number of anilines is 2. The summed E-state index contributed by atoms with van der Waals surface area (Å²) in [5, 5.41) is 40.8. The molecule has 7 heterocycles. The maximum absolute atomic E-state index is 14.2. The van der Waals surface area contributed by atoms with Gasteiger partial charge in [-0.3, -0.25) is 19.4 Å². The number of ether oxygens (including phenoxy) is 1. The van der Waals surface area contributed by atoms with Crippen LogP contribution in [0.15, 0.2) is 70.7 Å². The van der Waals surface area contributed by atoms with Crippen molar-refractivity contribution in [2.24, 2.45) is 11.3 Å². The normalized spacial score (nSPS) is 22.7. The molecule has 4 fully saturated rings. The van der Waals surface area contributed by atoms with Gasteiger partial charge in [-0.05, 0) is 72.5 Å². The number of aliphatic hydroxyl groups excluding tert-OH is 1. The van der Waals surface area contributed by atoms with Gasteiger partial charge in [-0.1, -0.05) is 50.2 Å². The molecule has 4 N–H and O–H groups in total. The second-order valence-corrected chi connectivity index (χ2v) is 20.0. The molecule has 5 aliphatic rings. The molecule has 0 unspecified atom stereocenters. The maximum Gasteiger partial charge on any atom is 0.254 e. The number of carbonyl (C=O) groups is 2. The summed E-state index contributed by atoms with van der Waals surface area (Å²) < 4.78 is 11.8. The third-order valence-electron chi connectivity index (χ3n) is 14.3. The van der Waals surface area contributed by atoms with Gasteiger partial charge < -0.3 is 39.9 Å². The van der Waals surface area contributed by atoms with Crippen LogP contribution in [0.5, 0.6) is 11.6 Å². The number of aryl methyl sites for hydroxylation is 1. The third kappa shape index (κ3) is 8.54. The smallest absolute Gasteiger partial charge is 0.254 e. The first-order valence-corrected chi connectivity index (χ1v) is 23.8. The molecule has 10 rings (SSSR count). The molecular weight excluding hydrogens is 845 g/mol. The summed E-state index contributed by atoms with van der Waals surface area (Å²) in [5.41, 5.74) is 7.62. The Balaban J connectivity index is 0.678. The number of aromatic nitrogens is 4. The zero-order valence-corrected chi connectivity index (χ0v) is 38.2. The molecule has 3 aromatic heterocycles. The predicted molar refractivity (Wildman–Crippen MR) is 247 cm³/mol. The first-order chi connectivity index (χ1) is 31.4. The molecule has 2 aromatic carbocycles. The summed E-state index contributed by atoms with van der Waals surface area (Å²) in [7, 11) is 0. The predicted octanol–water partition coefficient (Wildman–Crippen LogP) is 5.31. The largest absolute Gasteiger partial charge is 0.507 e. The highest BCUT2D eigenvalue weighted by atomic mass is 32.1. The van der Waals surface area contributed by atoms with E-state index in [2.05, 4.69) is 51.7 Å². The van der Waals surface area contributed by atoms with Gasteiger partial charge >= 0.3 is 0 Å². The van der Waals surface area contributed by atoms with Crippen LogP contribution in [0.4, 0.5) is 11.5 Å². The van der Waals surface area contributed by atoms with E-state index in [1.807, 2.05) is 75.7 Å². The topological polar surface area (TPSA) is 186 Å². The number of benzene rings is 2. The second-order valence-electron chi connectivity index (χ2n) is 19.1. The van der Waals surface area contributed by atoms with Crippen molar-refractivity contribution in [1.29, 1.82) is 0 Å². The Morgan fingerprint density at radius 1 is 1.03 bits per heavy atom. The zero-order valence-electron chi connectivity index (χ0n) is 37.4. The van der Waals surface area contributed by atoms with Gasteiger partial charge in [0.15, 0.2) is 11.6 Å². The average molecular weight is 903 g/mol. The number of piperazine rings is 1. The van der Waals surface area contributed by atoms with Crippen molar-refractivity contribution in [3.05, 3.63) is 83.2 Å². The fraction of sp³-hybridized carbons (Fsp3) is 0.500. The number of nitrogens with one attached hydrogen (secondary N) is 2. The van der Waals surface area contributed by atoms with Gasteiger partial charge in [0.05, 0.1) is 45.7 Å². The molecule has 3 saturated heterocycles. The molecule has 342 valence electrons. The van der Waals surface area contributed by atoms with Crippen molar-refractivity contribution in [2.75, 3.05) is 69.2 Å². The lowest BCUT2D eigenvalue weighted by molar-refractivity contribution is -0.141. The van der Waals surface area contributed by atoms with Crippen molar-refractivity contribution in [1.82, 2.24) is 40.4 Å². The van der Waals surface area contributed by atoms with E-state index in [0.29, 0.717) is 47.0 Å². The number of phenols is 1. The number of carbonyl (C=O) groups excluding carboxylic acids is 2. The molecular formula is C48H58N10O6S. The minimum absolute atomic E-state index is 0.0657. The number of aliphatic hydroxyl groups is 1. The number of fused-ring (bicyclic) bond motifs is 3. The highest BCUT2D eigenvalue weighted by Gasteiger charge is 2.54. The molecule has 1 aliphatic carbocycles. The molecule has 5 aromatic rings. The summed E-state index contributed by atoms with van der Waals surface area (Å²) in [6.45, 7) is 15.0. The van der Waals surface area contributed by atoms with Gasteiger partial charge in [0.1, 0.15) is 24.3 Å². The van der Waals surface area contributed by atoms with Crippen molar-refractivity contribution in [3.8, 4) is 33.3 Å². The van der Waals surface area contributed by atoms with Gasteiger partial charge in [-0.25, -0.2) is 4.98 Å². The first-order valence-electron chi connectivity index (χ1n) is 22.9. The Kier molecular flexibility index (Phi) is 11.7. The van der Waals surface area contributed by atoms with Crippen molar-refractivity contribution >= 4 is 34.7 Å². The number of hydrogen-bond acceptors (Lipinski definition) is 15. The van der Waals surface area contributed by atoms with Gasteiger partial charge in [0.25, 0.3) is 5.88 Å². The summed E-state index contributed by atoms with van der Waals surface area (Å²) in [6, 6.07) is 18.9. The van der Waals surface area contributed by atoms with Crippen LogP contribution in [0.1, 0.15) is 69.0 Å². The van der Waals surface area contributed by atoms with Gasteiger partial charge in [-0.15, -0.1) is 21.5 Å². The number of β-amino-alcohol motifs (C(OH)–C–C–N with tert-alkyl or cyclic N) is 1. The van der Waals surface area contributed by atoms with E-state index in [9.17, 15) is 19.8 Å². The first kappa shape index (κ1) is 43.3. The monoisotopic (exact) mass is 902 g/mol. The van der Waals surface area contributed by atoms with E-state index in [1.165, 1.54) is 17.7 Å². The number of aromatic hydroxyl groups is 1. The second kappa shape index (κ2) is 17.6. The minimum atomic E-state index is -0.815. The molecule has 4 aliphatic heterocycles. The third-order valence-corrected chi connectivity index (χ3v) is 15.3. The van der Waals surface area contributed by atoms with E-state index in [1.54, 1.807) is 23.5 Å². The van der Waals surface area contributed by atoms with E-state index >= 15 is 0 Å². The Labute approximate surface area is 383 Å². The van der Waals surface area contributed by atoms with Crippen LogP contribution in [0, 0.1) is 18.3 Å². The number of thiazole rings is 1. The van der Waals surface area contributed by atoms with Crippen LogP contribution in [-0.2, 0) is 9.59 Å². The summed E-state index contributed by atoms with van der Waals surface area (Å²) in [6.07, 6.45) is 1.76. The average Bonchev–Trinajstić information content (AvgIpc) is 4.03. The minimum Gasteiger partial charge on any atom is -0.507 e. The van der Waals surface area contributed by atoms with Crippen LogP contribution in [0.25, 0.3) is 21.7 Å². The number of hydrogen-bond donors (Lipinski definition) is 4. The standard InChI is InChI=1S/C48H58N10O6S/c1-28(2)43(47(62)58-24-35(59)17-39(58)46(61)51-29(3)31-9-11-32(12-10-31)44-30(4)50-27-65-44)41-19-42(54-64-41)63-16-15-55-25-48(26-55)20-33(21-48)56-13-14-57-34(23-56)22-49-45-38(57)18-37(52-53-45)36-7-5-6-8-40(36)60/h5-12,18-19,27-29,33-35,39,43,59-60H,13-17,20-26H2,1-4H3,(H,49,53)(H,51,61)/t29-,34-,35+,39-,43+/m0/s1. The van der Waals surface area contributed by atoms with Crippen LogP contribution in [0.3, 0.4) is 0 Å². The van der Waals surface area contributed by atoms with Crippen LogP contribution in [0.2, 0.25) is 0 Å². The number of phenolic OH excluding ortho intramolecular Hbond substituents is 1. The molecule has 65 heavy (non-hydrogen) atoms. The molecule has 0 bridgehead atoms. The summed E-state index contributed by atoms with van der Waals surface area (Å²) >= 11 is 1.60. The Bertz CT molecular complexity index is 2520. The maximum atomic E-state index is 14.2. The molecule has 1 saturated carbocycles. The molecule has 16 nitrogen and oxygen atoms in total. The number of likely N-dealkylation sites (tertiary alicyclic amines) is 2. The van der Waals surface area contributed by atoms with Crippen molar-refractivity contribution < 1.29 is 29.1 Å². The zero-order chi connectivity index (χ0) is 45.0. The van der Waals surface area contributed by atoms with E-state index in [4.69, 9.17) is 9.26 Å². The van der Waals surface area contributed by atoms with Gasteiger partial charge in [0, 0.05) is 76.5 Å². The van der Waals surface area contributed by atoms with E-state index in [0.717, 1.165) is 79.0 Å². The SMILES string of the molecule is Cc1ncsc1-c1ccc([C@H](C)NC(=O)[C@@H]2C[C@@H](O)CN2C(=O)[C@@H](c2cc(OCCN3CC4(CC(N5CCN6c7cc(-c8ccccc8O)nnc7NC[C@H]6C5)C4)C3)no2)C(C)C)cc1. The summed E-state index contributed by atoms with van der Waals surface area (Å²) in [5.74, 6) is 0.276. The van der Waals surface area contributed by atoms with Crippen LogP contribution < -0.4 is 20.3 Å². The Hall–Kier alpha value is -5.62. The number of amides is 2. The van der Waals surface area contributed by atoms with E-state index in [-0.39, 0.29) is 42.5 Å². The Morgan fingerprint density at radius 3 is 2.58 bits per heavy atom. The fourth-order valence-corrected chi connectivity index (χ4v) is 11.7. The van der Waals surface area contributed by atoms with Gasteiger partial charge in [0.2, 0.25) is 11.8 Å². The highest BCUT2D eigenvalue weighted by Crippen LogP contribution is 2.51. The van der Waals surface area contributed by atoms with Crippen molar-refractivity contribution in [3.63, 3.8) is 0 Å². The molecule has 0 radical (unpaired) electrons. The molecule has 17 heteroatoms. The highest BCUT2D eigenvalue weighted by molar-refractivity contribution is 7.13. The Morgan fingerprint density at radius 2 is 1.83 bits per heavy atom. The van der Waals surface area contributed by atoms with E-state index < -0.39 is 18.1 Å². The molecule has 5 atom stereocenters. The lowest BCUT2D eigenvalue weighted by Gasteiger charge is -2.62. The quantitative estimate of drug-likeness (QED) is 0.119. The number of rotatable bonds is 13. The lowest BCUT2D eigenvalue weighted by Crippen LogP contribution is -2.69. The fourth-order valence-electron chi connectivity index (χ4n) is 10.9. The number of nitrogens with zero attached hydrogens (tertiary/aromatic N) is 8. The van der Waals surface area contributed by atoms with Crippen LogP contribution >= 0.6 is 11.3 Å². The summed E-state index contributed by atoms with van der Waals surface area (Å²) in [4.78, 5) is 42.5.